The van der Waals surface area contributed by atoms with Gasteiger partial charge in [0.25, 0.3) is 0 Å². The maximum absolute atomic E-state index is 10.2. The molecule has 0 bridgehead atoms. The molecule has 3 heteroatoms. The molecular weight excluding hydrogens is 279 g/mol. The number of carboxylic acid groups (broad SMARTS) is 1. The zero-order valence-corrected chi connectivity index (χ0v) is 15.8. The second-order valence-corrected chi connectivity index (χ2v) is 6.41. The Kier molecular flexibility index (Phi) is 23.8. The molecular formula is C20H37LiO2. The van der Waals surface area contributed by atoms with Gasteiger partial charge in [-0.2, -0.15) is 0 Å². The Bertz CT molecular complexity index is 264. The maximum atomic E-state index is 10.2. The predicted octanol–water partition coefficient (Wildman–Crippen LogP) is 2.56. The molecule has 0 aromatic rings. The topological polar surface area (TPSA) is 40.1 Å². The molecule has 0 saturated heterocycles. The van der Waals surface area contributed by atoms with Crippen LogP contribution in [-0.2, 0) is 4.79 Å². The summed E-state index contributed by atoms with van der Waals surface area (Å²) in [6, 6.07) is 0. The van der Waals surface area contributed by atoms with Crippen molar-refractivity contribution in [3.8, 4) is 0 Å². The first-order chi connectivity index (χ1) is 10.8. The monoisotopic (exact) mass is 316 g/mol. The van der Waals surface area contributed by atoms with Crippen molar-refractivity contribution in [3.05, 3.63) is 12.2 Å². The van der Waals surface area contributed by atoms with E-state index in [1.54, 1.807) is 0 Å². The van der Waals surface area contributed by atoms with Gasteiger partial charge < -0.3 is 9.90 Å². The van der Waals surface area contributed by atoms with E-state index in [1.165, 1.54) is 83.5 Å². The van der Waals surface area contributed by atoms with Crippen LogP contribution in [0, 0.1) is 0 Å². The van der Waals surface area contributed by atoms with Crippen molar-refractivity contribution in [1.29, 1.82) is 0 Å². The number of rotatable bonds is 17. The third-order valence-electron chi connectivity index (χ3n) is 4.14. The first kappa shape index (κ1) is 25.1. The molecule has 0 rings (SSSR count). The van der Waals surface area contributed by atoms with E-state index in [0.717, 1.165) is 12.8 Å². The van der Waals surface area contributed by atoms with Gasteiger partial charge in [-0.05, 0) is 38.5 Å². The van der Waals surface area contributed by atoms with Crippen molar-refractivity contribution in [3.63, 3.8) is 0 Å². The molecule has 0 unspecified atom stereocenters. The van der Waals surface area contributed by atoms with E-state index in [1.807, 2.05) is 0 Å². The summed E-state index contributed by atoms with van der Waals surface area (Å²) < 4.78 is 0. The predicted molar refractivity (Wildman–Crippen MR) is 93.7 cm³/mol. The van der Waals surface area contributed by atoms with Crippen molar-refractivity contribution in [1.82, 2.24) is 0 Å². The number of carboxylic acids is 1. The zero-order chi connectivity index (χ0) is 16.3. The van der Waals surface area contributed by atoms with Crippen molar-refractivity contribution >= 4 is 5.97 Å². The van der Waals surface area contributed by atoms with Gasteiger partial charge in [0.15, 0.2) is 0 Å². The quantitative estimate of drug-likeness (QED) is 0.235. The van der Waals surface area contributed by atoms with Gasteiger partial charge in [-0.3, -0.25) is 0 Å². The summed E-state index contributed by atoms with van der Waals surface area (Å²) in [5.41, 5.74) is 0. The fraction of sp³-hybridized carbons (Fsp3) is 0.850. The van der Waals surface area contributed by atoms with Crippen LogP contribution in [0.1, 0.15) is 110 Å². The van der Waals surface area contributed by atoms with Gasteiger partial charge in [-0.25, -0.2) is 0 Å². The van der Waals surface area contributed by atoms with E-state index in [2.05, 4.69) is 19.1 Å². The molecule has 0 spiro atoms. The molecule has 0 heterocycles. The average Bonchev–Trinajstić information content (AvgIpc) is 2.50. The zero-order valence-electron chi connectivity index (χ0n) is 15.8. The molecule has 2 nitrogen and oxygen atoms in total. The first-order valence-electron chi connectivity index (χ1n) is 9.62. The summed E-state index contributed by atoms with van der Waals surface area (Å²) in [6.07, 6.45) is 23.8. The number of carbonyl (C=O) groups is 1. The summed E-state index contributed by atoms with van der Waals surface area (Å²) >= 11 is 0. The molecule has 0 N–H and O–H groups in total. The van der Waals surface area contributed by atoms with Gasteiger partial charge in [-0.1, -0.05) is 83.3 Å². The number of aliphatic carboxylic acids is 1. The summed E-state index contributed by atoms with van der Waals surface area (Å²) in [7, 11) is 0. The van der Waals surface area contributed by atoms with E-state index < -0.39 is 5.97 Å². The molecule has 0 aromatic heterocycles. The first-order valence-corrected chi connectivity index (χ1v) is 9.62. The van der Waals surface area contributed by atoms with Gasteiger partial charge in [0, 0.05) is 5.97 Å². The molecule has 0 radical (unpaired) electrons. The minimum absolute atomic E-state index is 0. The van der Waals surface area contributed by atoms with Crippen molar-refractivity contribution in [2.75, 3.05) is 0 Å². The normalized spacial score (nSPS) is 10.8. The Balaban J connectivity index is 0. The van der Waals surface area contributed by atoms with Crippen LogP contribution in [0.25, 0.3) is 0 Å². The molecule has 0 amide bonds. The fourth-order valence-electron chi connectivity index (χ4n) is 2.69. The summed E-state index contributed by atoms with van der Waals surface area (Å²) in [5, 5.41) is 10.2. The third-order valence-corrected chi connectivity index (χ3v) is 4.14. The molecule has 0 aliphatic carbocycles. The number of allylic oxidation sites excluding steroid dienone is 2. The molecule has 0 aliphatic rings. The van der Waals surface area contributed by atoms with E-state index in [4.69, 9.17) is 0 Å². The van der Waals surface area contributed by atoms with Crippen molar-refractivity contribution in [2.45, 2.75) is 110 Å². The average molecular weight is 316 g/mol. The smallest absolute Gasteiger partial charge is 0.550 e. The minimum atomic E-state index is -0.909. The molecule has 0 aromatic carbocycles. The Morgan fingerprint density at radius 1 is 0.696 bits per heavy atom. The maximum Gasteiger partial charge on any atom is 1.00 e. The molecule has 0 atom stereocenters. The fourth-order valence-corrected chi connectivity index (χ4v) is 2.69. The van der Waals surface area contributed by atoms with E-state index in [0.29, 0.717) is 0 Å². The van der Waals surface area contributed by atoms with Crippen LogP contribution in [0.3, 0.4) is 0 Å². The molecule has 130 valence electrons. The molecule has 0 saturated carbocycles. The van der Waals surface area contributed by atoms with Crippen LogP contribution in [0.5, 0.6) is 0 Å². The van der Waals surface area contributed by atoms with Crippen LogP contribution in [-0.4, -0.2) is 5.97 Å². The van der Waals surface area contributed by atoms with Gasteiger partial charge in [0.2, 0.25) is 0 Å². The standard InChI is InChI=1S/C20H38O2.Li/c1-2-3-4-5-6-7-8-9-10-11-12-13-14-15-16-17-18-19-20(21)22;/h9-10H,2-8,11-19H2,1H3,(H,21,22);/q;+1/p-1. The molecule has 0 aliphatic heterocycles. The van der Waals surface area contributed by atoms with Crippen LogP contribution in [0.2, 0.25) is 0 Å². The van der Waals surface area contributed by atoms with Crippen LogP contribution in [0.4, 0.5) is 0 Å². The minimum Gasteiger partial charge on any atom is -0.550 e. The van der Waals surface area contributed by atoms with Crippen molar-refractivity contribution < 1.29 is 28.8 Å². The van der Waals surface area contributed by atoms with Crippen LogP contribution in [0.15, 0.2) is 12.2 Å². The van der Waals surface area contributed by atoms with Gasteiger partial charge in [-0.15, -0.1) is 0 Å². The van der Waals surface area contributed by atoms with E-state index in [-0.39, 0.29) is 25.3 Å². The Hall–Kier alpha value is -0.193. The van der Waals surface area contributed by atoms with E-state index in [9.17, 15) is 9.90 Å². The number of hydrogen-bond acceptors (Lipinski definition) is 2. The second-order valence-electron chi connectivity index (χ2n) is 6.41. The molecule has 23 heavy (non-hydrogen) atoms. The molecule has 0 fully saturated rings. The largest absolute Gasteiger partial charge is 1.00 e. The van der Waals surface area contributed by atoms with E-state index >= 15 is 0 Å². The van der Waals surface area contributed by atoms with Crippen LogP contribution >= 0.6 is 0 Å². The Morgan fingerprint density at radius 2 is 1.09 bits per heavy atom. The van der Waals surface area contributed by atoms with Crippen molar-refractivity contribution in [2.24, 2.45) is 0 Å². The van der Waals surface area contributed by atoms with Gasteiger partial charge in [0.1, 0.15) is 0 Å². The Labute approximate surface area is 156 Å². The second kappa shape index (κ2) is 21.8. The summed E-state index contributed by atoms with van der Waals surface area (Å²) in [6.45, 7) is 2.26. The summed E-state index contributed by atoms with van der Waals surface area (Å²) in [4.78, 5) is 10.2. The number of hydrogen-bond donors (Lipinski definition) is 0. The van der Waals surface area contributed by atoms with Gasteiger partial charge >= 0.3 is 18.9 Å². The van der Waals surface area contributed by atoms with Crippen LogP contribution < -0.4 is 24.0 Å². The SMILES string of the molecule is CCCCCCCCC=CCCCCCCCCCC(=O)[O-].[Li+]. The third kappa shape index (κ3) is 24.2. The van der Waals surface area contributed by atoms with Gasteiger partial charge in [0.05, 0.1) is 0 Å². The number of carbonyl (C=O) groups excluding carboxylic acids is 1. The number of unbranched alkanes of at least 4 members (excludes halogenated alkanes) is 13. The summed E-state index contributed by atoms with van der Waals surface area (Å²) in [5.74, 6) is -0.909. The Morgan fingerprint density at radius 3 is 1.52 bits per heavy atom.